The van der Waals surface area contributed by atoms with Crippen molar-refractivity contribution in [1.82, 2.24) is 0 Å². The Balaban J connectivity index is 1.91. The van der Waals surface area contributed by atoms with Gasteiger partial charge in [-0.3, -0.25) is 0 Å². The Hall–Kier alpha value is -1.21. The summed E-state index contributed by atoms with van der Waals surface area (Å²) in [5, 5.41) is 40.9. The lowest BCUT2D eigenvalue weighted by molar-refractivity contribution is -0.139. The highest BCUT2D eigenvalue weighted by atomic mass is 16.5. The molecule has 6 heteroatoms. The summed E-state index contributed by atoms with van der Waals surface area (Å²) < 4.78 is 5.06. The number of hydrogen-bond donors (Lipinski definition) is 4. The average molecular weight is 581 g/mol. The number of carbonyl (C=O) groups excluding carboxylic acids is 1. The predicted molar refractivity (Wildman–Crippen MR) is 169 cm³/mol. The average Bonchev–Trinajstić information content (AvgIpc) is 3.26. The number of carbonyl (C=O) groups is 1. The molecule has 6 nitrogen and oxygen atoms in total. The number of aliphatic hydroxyl groups excluding tert-OH is 4. The summed E-state index contributed by atoms with van der Waals surface area (Å²) in [5.74, 6) is -0.312. The van der Waals surface area contributed by atoms with E-state index >= 15 is 0 Å². The van der Waals surface area contributed by atoms with E-state index < -0.39 is 18.3 Å². The molecule has 0 saturated heterocycles. The zero-order valence-corrected chi connectivity index (χ0v) is 26.5. The van der Waals surface area contributed by atoms with Crippen molar-refractivity contribution in [3.8, 4) is 0 Å². The standard InChI is InChI=1S/C35H64O6/c1-3-4-5-6-7-8-9-10-11-12-13-20-25-33(38)34(39)26-21-15-14-17-22-31(36)23-18-16-19-24-32(37)28-30-27-29(2)41-35(30)40/h14-15,27,29,31-34,36-39H,3-13,16-26,28H2,1-2H3. The van der Waals surface area contributed by atoms with Crippen LogP contribution in [0.3, 0.4) is 0 Å². The zero-order chi connectivity index (χ0) is 30.1. The van der Waals surface area contributed by atoms with Gasteiger partial charge in [-0.1, -0.05) is 115 Å². The van der Waals surface area contributed by atoms with Gasteiger partial charge in [0.05, 0.1) is 24.4 Å². The van der Waals surface area contributed by atoms with Crippen molar-refractivity contribution in [3.63, 3.8) is 0 Å². The van der Waals surface area contributed by atoms with E-state index in [4.69, 9.17) is 4.74 Å². The van der Waals surface area contributed by atoms with Gasteiger partial charge in [0.15, 0.2) is 0 Å². The van der Waals surface area contributed by atoms with E-state index in [9.17, 15) is 25.2 Å². The number of aliphatic hydroxyl groups is 4. The van der Waals surface area contributed by atoms with Crippen molar-refractivity contribution in [3.05, 3.63) is 23.8 Å². The summed E-state index contributed by atoms with van der Waals surface area (Å²) in [5.41, 5.74) is 0.578. The minimum atomic E-state index is -0.663. The summed E-state index contributed by atoms with van der Waals surface area (Å²) in [6.07, 6.45) is 27.1. The molecule has 1 aliphatic rings. The van der Waals surface area contributed by atoms with Crippen LogP contribution in [0.1, 0.15) is 162 Å². The van der Waals surface area contributed by atoms with E-state index in [1.54, 1.807) is 6.08 Å². The lowest BCUT2D eigenvalue weighted by Gasteiger charge is -2.17. The number of ether oxygens (including phenoxy) is 1. The number of hydrogen-bond acceptors (Lipinski definition) is 6. The second kappa shape index (κ2) is 25.3. The molecule has 0 spiro atoms. The Morgan fingerprint density at radius 3 is 1.68 bits per heavy atom. The summed E-state index contributed by atoms with van der Waals surface area (Å²) in [6.45, 7) is 4.08. The predicted octanol–water partition coefficient (Wildman–Crippen LogP) is 7.85. The van der Waals surface area contributed by atoms with Gasteiger partial charge in [-0.2, -0.15) is 0 Å². The minimum Gasteiger partial charge on any atom is -0.455 e. The number of allylic oxidation sites excluding steroid dienone is 2. The van der Waals surface area contributed by atoms with Crippen molar-refractivity contribution in [2.45, 2.75) is 192 Å². The monoisotopic (exact) mass is 580 g/mol. The number of cyclic esters (lactones) is 1. The molecule has 0 bridgehead atoms. The Morgan fingerprint density at radius 2 is 1.12 bits per heavy atom. The van der Waals surface area contributed by atoms with Crippen molar-refractivity contribution < 1.29 is 30.0 Å². The fourth-order valence-electron chi connectivity index (χ4n) is 5.59. The first-order valence-corrected chi connectivity index (χ1v) is 17.1. The highest BCUT2D eigenvalue weighted by Crippen LogP contribution is 2.21. The number of rotatable bonds is 28. The molecular formula is C35H64O6. The molecule has 0 aliphatic carbocycles. The smallest absolute Gasteiger partial charge is 0.334 e. The molecule has 0 aromatic carbocycles. The maximum absolute atomic E-state index is 11.6. The first-order valence-electron chi connectivity index (χ1n) is 17.1. The Labute approximate surface area is 251 Å². The van der Waals surface area contributed by atoms with Gasteiger partial charge in [0.1, 0.15) is 6.10 Å². The third kappa shape index (κ3) is 21.2. The number of esters is 1. The van der Waals surface area contributed by atoms with E-state index in [0.717, 1.165) is 57.8 Å². The van der Waals surface area contributed by atoms with Gasteiger partial charge in [0.2, 0.25) is 0 Å². The van der Waals surface area contributed by atoms with Crippen LogP contribution in [0.2, 0.25) is 0 Å². The van der Waals surface area contributed by atoms with Crippen LogP contribution in [0.25, 0.3) is 0 Å². The molecular weight excluding hydrogens is 516 g/mol. The second-order valence-corrected chi connectivity index (χ2v) is 12.4. The van der Waals surface area contributed by atoms with E-state index in [0.29, 0.717) is 31.3 Å². The van der Waals surface area contributed by atoms with Crippen molar-refractivity contribution in [1.29, 1.82) is 0 Å². The normalized spacial score (nSPS) is 18.4. The van der Waals surface area contributed by atoms with E-state index in [2.05, 4.69) is 13.0 Å². The molecule has 5 atom stereocenters. The maximum atomic E-state index is 11.6. The quantitative estimate of drug-likeness (QED) is 0.0426. The Kier molecular flexibility index (Phi) is 23.3. The van der Waals surface area contributed by atoms with Crippen molar-refractivity contribution in [2.24, 2.45) is 0 Å². The summed E-state index contributed by atoms with van der Waals surface area (Å²) in [4.78, 5) is 11.6. The fourth-order valence-corrected chi connectivity index (χ4v) is 5.59. The highest BCUT2D eigenvalue weighted by molar-refractivity contribution is 5.90. The summed E-state index contributed by atoms with van der Waals surface area (Å²) in [7, 11) is 0. The van der Waals surface area contributed by atoms with Crippen molar-refractivity contribution in [2.75, 3.05) is 0 Å². The van der Waals surface area contributed by atoms with Crippen LogP contribution in [0, 0.1) is 0 Å². The van der Waals surface area contributed by atoms with Crippen LogP contribution >= 0.6 is 0 Å². The van der Waals surface area contributed by atoms with Crippen LogP contribution in [0.5, 0.6) is 0 Å². The molecule has 4 N–H and O–H groups in total. The molecule has 1 aliphatic heterocycles. The second-order valence-electron chi connectivity index (χ2n) is 12.4. The van der Waals surface area contributed by atoms with Crippen molar-refractivity contribution >= 4 is 5.97 Å². The van der Waals surface area contributed by atoms with Gasteiger partial charge in [-0.05, 0) is 57.9 Å². The van der Waals surface area contributed by atoms with Gasteiger partial charge < -0.3 is 25.2 Å². The van der Waals surface area contributed by atoms with Crippen LogP contribution in [0.4, 0.5) is 0 Å². The van der Waals surface area contributed by atoms with Crippen LogP contribution in [-0.2, 0) is 9.53 Å². The molecule has 0 saturated carbocycles. The van der Waals surface area contributed by atoms with Gasteiger partial charge in [-0.15, -0.1) is 0 Å². The lowest BCUT2D eigenvalue weighted by Crippen LogP contribution is -2.25. The van der Waals surface area contributed by atoms with Gasteiger partial charge in [0.25, 0.3) is 0 Å². The molecule has 0 aromatic heterocycles. The minimum absolute atomic E-state index is 0.195. The van der Waals surface area contributed by atoms with Crippen LogP contribution in [-0.4, -0.2) is 56.9 Å². The zero-order valence-electron chi connectivity index (χ0n) is 26.5. The molecule has 0 amide bonds. The van der Waals surface area contributed by atoms with E-state index in [-0.39, 0.29) is 18.2 Å². The van der Waals surface area contributed by atoms with E-state index in [1.807, 2.05) is 13.0 Å². The third-order valence-electron chi connectivity index (χ3n) is 8.28. The topological polar surface area (TPSA) is 107 Å². The largest absolute Gasteiger partial charge is 0.455 e. The van der Waals surface area contributed by atoms with Crippen LogP contribution in [0.15, 0.2) is 23.8 Å². The first-order chi connectivity index (χ1) is 19.8. The molecule has 1 rings (SSSR count). The number of unbranched alkanes of at least 4 members (excludes halogenated alkanes) is 13. The maximum Gasteiger partial charge on any atom is 0.334 e. The van der Waals surface area contributed by atoms with E-state index in [1.165, 1.54) is 64.2 Å². The van der Waals surface area contributed by atoms with Crippen LogP contribution < -0.4 is 0 Å². The summed E-state index contributed by atoms with van der Waals surface area (Å²) in [6, 6.07) is 0. The lowest BCUT2D eigenvalue weighted by atomic mass is 10.00. The van der Waals surface area contributed by atoms with Gasteiger partial charge in [0, 0.05) is 12.0 Å². The molecule has 0 aromatic rings. The molecule has 5 unspecified atom stereocenters. The summed E-state index contributed by atoms with van der Waals surface area (Å²) >= 11 is 0. The highest BCUT2D eigenvalue weighted by Gasteiger charge is 2.24. The molecule has 1 heterocycles. The molecule has 41 heavy (non-hydrogen) atoms. The van der Waals surface area contributed by atoms with Gasteiger partial charge >= 0.3 is 5.97 Å². The fraction of sp³-hybridized carbons (Fsp3) is 0.857. The van der Waals surface area contributed by atoms with Gasteiger partial charge in [-0.25, -0.2) is 4.79 Å². The first kappa shape index (κ1) is 37.8. The third-order valence-corrected chi connectivity index (χ3v) is 8.28. The molecule has 0 fully saturated rings. The Morgan fingerprint density at radius 1 is 0.659 bits per heavy atom. The Bertz CT molecular complexity index is 690. The molecule has 240 valence electrons. The molecule has 0 radical (unpaired) electrons. The SMILES string of the molecule is CCCCCCCCCCCCCCC(O)C(O)CCC=CCCC(O)CCCCCC(O)CC1=CC(C)OC1=O.